The van der Waals surface area contributed by atoms with Gasteiger partial charge in [0.15, 0.2) is 52.2 Å². The first-order valence-corrected chi connectivity index (χ1v) is 56.3. The van der Waals surface area contributed by atoms with Gasteiger partial charge in [-0.1, -0.05) is 145 Å². The standard InChI is InChI=1S/C35H52FN5O4Si2.C31H46FN5O3Si2.C23H24FN5O2/c1-10-25-18-32(42)30(36)19-29(25)26-11-12-28-31(17-26)41(23-45-14-16-47(7,8)9)39-33(28)34-38-27(20-37-35(43)24(2)3)21-40(34)22-44-13-15-46(4,5)6;1-8-22-16-29(38)27(32)17-26(22)23-9-10-25-28(15-23)37(21-40-12-14-42(5,6)7)35-30(25)31-34-24(18-33)19-36(31)20-39-11-13-41(2,3)4;1-4-13-8-20(30)18(24)9-17(13)14-5-6-16-19(7-14)28-29-21(16)22-25-10-15(27-22)11-26-23(31)12(2)3/h11-12,17-19,21,24,42H,10,13-16,20,22-23H2,1-9H3,(H,37,43);9-10,15-17,19,38H,8,11-14,18,20-21,33H2,1-7H3;5-10,12,30H,4,11H2,1-3H3,(H,25,27)(H,26,31)(H,28,29). The number of rotatable bonds is 36. The molecule has 0 atom stereocenters. The van der Waals surface area contributed by atoms with Crippen molar-refractivity contribution < 1.29 is 57.0 Å². The smallest absolute Gasteiger partial charge is 0.222 e. The van der Waals surface area contributed by atoms with Crippen LogP contribution in [0.15, 0.2) is 110 Å². The van der Waals surface area contributed by atoms with Crippen molar-refractivity contribution in [1.29, 1.82) is 0 Å². The van der Waals surface area contributed by atoms with Gasteiger partial charge < -0.3 is 64.8 Å². The van der Waals surface area contributed by atoms with Crippen LogP contribution in [0.4, 0.5) is 13.2 Å². The number of carbonyl (C=O) groups is 2. The average Bonchev–Trinajstić information content (AvgIpc) is 1.60. The maximum absolute atomic E-state index is 14.6. The maximum Gasteiger partial charge on any atom is 0.222 e. The molecule has 0 aliphatic carbocycles. The van der Waals surface area contributed by atoms with Crippen LogP contribution in [0, 0.1) is 29.3 Å². The molecule has 31 heteroatoms. The van der Waals surface area contributed by atoms with E-state index in [1.54, 1.807) is 6.20 Å². The Morgan fingerprint density at radius 2 is 0.867 bits per heavy atom. The number of ether oxygens (including phenoxy) is 4. The lowest BCUT2D eigenvalue weighted by Gasteiger charge is -2.16. The molecule has 0 aliphatic rings. The first kappa shape index (κ1) is 92.4. The Kier molecular flexibility index (Phi) is 31.0. The summed E-state index contributed by atoms with van der Waals surface area (Å²) in [5, 5.41) is 55.6. The molecule has 9 N–H and O–H groups in total. The molecular formula is C89H122F3N15O9Si4. The van der Waals surface area contributed by atoms with Gasteiger partial charge in [-0.2, -0.15) is 15.3 Å². The van der Waals surface area contributed by atoms with Gasteiger partial charge in [0.05, 0.1) is 52.9 Å². The Morgan fingerprint density at radius 1 is 0.492 bits per heavy atom. The van der Waals surface area contributed by atoms with Crippen LogP contribution < -0.4 is 16.4 Å². The summed E-state index contributed by atoms with van der Waals surface area (Å²) in [6.45, 7) is 46.0. The molecule has 12 rings (SSSR count). The molecule has 0 fully saturated rings. The summed E-state index contributed by atoms with van der Waals surface area (Å²) in [6, 6.07) is 30.5. The predicted molar refractivity (Wildman–Crippen MR) is 483 cm³/mol. The number of nitrogens with zero attached hydrogens (tertiary/aromatic N) is 10. The second-order valence-electron chi connectivity index (χ2n) is 36.1. The van der Waals surface area contributed by atoms with Crippen molar-refractivity contribution in [2.75, 3.05) is 26.4 Å². The Bertz CT molecular complexity index is 5530. The molecule has 0 bridgehead atoms. The van der Waals surface area contributed by atoms with Crippen LogP contribution in [0.25, 0.3) is 101 Å². The Hall–Kier alpha value is -9.84. The van der Waals surface area contributed by atoms with E-state index in [2.05, 4.69) is 109 Å². The number of fused-ring (bicyclic) bond motifs is 3. The molecule has 120 heavy (non-hydrogen) atoms. The van der Waals surface area contributed by atoms with Crippen LogP contribution in [0.1, 0.15) is 82.2 Å². The predicted octanol–water partition coefficient (Wildman–Crippen LogP) is 19.2. The van der Waals surface area contributed by atoms with Gasteiger partial charge in [-0.3, -0.25) is 14.7 Å². The van der Waals surface area contributed by atoms with Gasteiger partial charge in [0, 0.05) is 106 Å². The third kappa shape index (κ3) is 24.5. The second-order valence-corrected chi connectivity index (χ2v) is 58.6. The first-order chi connectivity index (χ1) is 56.7. The van der Waals surface area contributed by atoms with Gasteiger partial charge in [0.25, 0.3) is 0 Å². The number of hydrogen-bond donors (Lipinski definition) is 8. The zero-order valence-corrected chi connectivity index (χ0v) is 77.2. The van der Waals surface area contributed by atoms with E-state index in [4.69, 9.17) is 44.8 Å². The van der Waals surface area contributed by atoms with Gasteiger partial charge in [0.1, 0.15) is 44.0 Å². The number of benzene rings is 6. The molecule has 644 valence electrons. The SMILES string of the molecule is CCc1cc(O)c(F)cc1-c1ccc2c(-c3nc(CN)cn3COCC[Si](C)(C)C)nn(COCC[Si](C)(C)C)c2c1.CCc1cc(O)c(F)cc1-c1ccc2c(-c3nc(CNC(=O)C(C)C)cn3COCC[Si](C)(C)C)nn(COCC[Si](C)(C)C)c2c1.CCc1cc(O)c(F)cc1-c1ccc2c(-c3ncc(CNC(=O)C(C)C)[nH]3)n[nH]c2c1. The minimum atomic E-state index is -1.29. The van der Waals surface area contributed by atoms with E-state index in [9.17, 15) is 38.1 Å². The highest BCUT2D eigenvalue weighted by Gasteiger charge is 2.27. The highest BCUT2D eigenvalue weighted by Crippen LogP contribution is 2.39. The number of hydrogen-bond acceptors (Lipinski definition) is 16. The lowest BCUT2D eigenvalue weighted by atomic mass is 9.96. The molecular weight excluding hydrogens is 1590 g/mol. The topological polar surface area (TPSA) is 310 Å². The zero-order valence-electron chi connectivity index (χ0n) is 73.2. The Balaban J connectivity index is 0.000000193. The van der Waals surface area contributed by atoms with Crippen LogP contribution in [0.2, 0.25) is 103 Å². The number of aromatic amines is 2. The van der Waals surface area contributed by atoms with Crippen molar-refractivity contribution >= 4 is 76.8 Å². The second kappa shape index (κ2) is 40.2. The number of phenols is 3. The number of amides is 2. The highest BCUT2D eigenvalue weighted by molar-refractivity contribution is 6.77. The van der Waals surface area contributed by atoms with Crippen LogP contribution in [0.5, 0.6) is 17.2 Å². The normalized spacial score (nSPS) is 12.2. The minimum Gasteiger partial charge on any atom is -0.505 e. The molecule has 24 nitrogen and oxygen atoms in total. The number of nitrogens with one attached hydrogen (secondary N) is 4. The molecule has 6 aromatic heterocycles. The Morgan fingerprint density at radius 3 is 1.26 bits per heavy atom. The lowest BCUT2D eigenvalue weighted by Crippen LogP contribution is -2.27. The van der Waals surface area contributed by atoms with E-state index in [1.807, 2.05) is 134 Å². The summed E-state index contributed by atoms with van der Waals surface area (Å²) in [4.78, 5) is 41.5. The fraction of sp³-hybridized carbons (Fsp3) is 0.438. The van der Waals surface area contributed by atoms with Crippen LogP contribution in [-0.4, -0.2) is 145 Å². The van der Waals surface area contributed by atoms with Gasteiger partial charge in [-0.15, -0.1) is 0 Å². The first-order valence-electron chi connectivity index (χ1n) is 41.5. The molecule has 0 radical (unpaired) electrons. The quantitative estimate of drug-likeness (QED) is 0.0134. The fourth-order valence-electron chi connectivity index (χ4n) is 13.3. The summed E-state index contributed by atoms with van der Waals surface area (Å²) in [7, 11) is -5.04. The van der Waals surface area contributed by atoms with Gasteiger partial charge in [-0.25, -0.2) is 37.5 Å². The van der Waals surface area contributed by atoms with E-state index in [-0.39, 0.29) is 54.4 Å². The largest absolute Gasteiger partial charge is 0.505 e. The van der Waals surface area contributed by atoms with E-state index >= 15 is 0 Å². The number of phenolic OH excluding ortho intramolecular Hbond substituents is 3. The van der Waals surface area contributed by atoms with Gasteiger partial charge >= 0.3 is 0 Å². The number of aromatic hydroxyl groups is 3. The average molecular weight is 1720 g/mol. The monoisotopic (exact) mass is 1710 g/mol. The third-order valence-electron chi connectivity index (χ3n) is 20.6. The molecule has 0 saturated heterocycles. The van der Waals surface area contributed by atoms with Crippen molar-refractivity contribution in [3.8, 4) is 85.2 Å². The third-order valence-corrected chi connectivity index (χ3v) is 27.4. The zero-order chi connectivity index (χ0) is 87.3. The van der Waals surface area contributed by atoms with Crippen molar-refractivity contribution in [2.45, 2.75) is 217 Å². The van der Waals surface area contributed by atoms with Crippen molar-refractivity contribution in [1.82, 2.24) is 69.5 Å². The molecule has 12 aromatic rings. The van der Waals surface area contributed by atoms with Crippen LogP contribution in [0.3, 0.4) is 0 Å². The number of aromatic nitrogens is 12. The van der Waals surface area contributed by atoms with Gasteiger partial charge in [-0.05, 0) is 166 Å². The molecule has 6 heterocycles. The molecule has 2 amide bonds. The fourth-order valence-corrected chi connectivity index (χ4v) is 16.3. The summed E-state index contributed by atoms with van der Waals surface area (Å²) in [5.74, 6) is -1.34. The molecule has 6 aromatic carbocycles. The molecule has 0 saturated carbocycles. The summed E-state index contributed by atoms with van der Waals surface area (Å²) >= 11 is 0. The minimum absolute atomic E-state index is 0.0222. The number of imidazole rings is 3. The highest BCUT2D eigenvalue weighted by atomic mass is 28.3. The number of aryl methyl sites for hydroxylation is 3. The van der Waals surface area contributed by atoms with Crippen LogP contribution >= 0.6 is 0 Å². The molecule has 0 unspecified atom stereocenters. The number of nitrogens with two attached hydrogens (primary N) is 1. The van der Waals surface area contributed by atoms with E-state index < -0.39 is 49.7 Å². The van der Waals surface area contributed by atoms with Crippen molar-refractivity contribution in [2.24, 2.45) is 17.6 Å². The maximum atomic E-state index is 14.6. The number of halogens is 3. The number of carbonyl (C=O) groups excluding carboxylic acids is 2. The Labute approximate surface area is 706 Å². The summed E-state index contributed by atoms with van der Waals surface area (Å²) < 4.78 is 75.1. The van der Waals surface area contributed by atoms with E-state index in [0.717, 1.165) is 118 Å². The van der Waals surface area contributed by atoms with Crippen molar-refractivity contribution in [3.05, 3.63) is 161 Å². The van der Waals surface area contributed by atoms with Gasteiger partial charge in [0.2, 0.25) is 11.8 Å². The summed E-state index contributed by atoms with van der Waals surface area (Å²) in [5.41, 5.74) is 20.0. The lowest BCUT2D eigenvalue weighted by molar-refractivity contribution is -0.124. The molecule has 0 spiro atoms. The molecule has 0 aliphatic heterocycles. The number of H-pyrrole nitrogens is 2. The van der Waals surface area contributed by atoms with Crippen molar-refractivity contribution in [3.63, 3.8) is 0 Å². The summed E-state index contributed by atoms with van der Waals surface area (Å²) in [6.07, 6.45) is 7.48. The van der Waals surface area contributed by atoms with E-state index in [0.29, 0.717) is 119 Å². The van der Waals surface area contributed by atoms with E-state index in [1.165, 1.54) is 36.4 Å². The van der Waals surface area contributed by atoms with Crippen LogP contribution in [-0.2, 0) is 94.4 Å².